The zero-order chi connectivity index (χ0) is 24.7. The highest BCUT2D eigenvalue weighted by molar-refractivity contribution is 6.31. The van der Waals surface area contributed by atoms with Crippen LogP contribution in [-0.4, -0.2) is 51.1 Å². The van der Waals surface area contributed by atoms with Crippen LogP contribution in [0.3, 0.4) is 0 Å². The molecule has 2 aromatic carbocycles. The molecule has 4 aromatic rings. The minimum absolute atomic E-state index is 0.121. The van der Waals surface area contributed by atoms with Gasteiger partial charge in [0, 0.05) is 60.3 Å². The second-order valence-corrected chi connectivity index (χ2v) is 9.64. The van der Waals surface area contributed by atoms with Crippen molar-refractivity contribution in [1.82, 2.24) is 19.5 Å². The van der Waals surface area contributed by atoms with Crippen LogP contribution in [0.1, 0.15) is 39.7 Å². The fourth-order valence-electron chi connectivity index (χ4n) is 4.85. The molecular weight excluding hydrogens is 462 g/mol. The van der Waals surface area contributed by atoms with Crippen molar-refractivity contribution in [3.63, 3.8) is 0 Å². The molecule has 1 saturated heterocycles. The van der Waals surface area contributed by atoms with E-state index in [9.17, 15) is 9.59 Å². The van der Waals surface area contributed by atoms with E-state index in [1.807, 2.05) is 23.1 Å². The van der Waals surface area contributed by atoms with Gasteiger partial charge >= 0.3 is 0 Å². The molecule has 35 heavy (non-hydrogen) atoms. The molecule has 0 unspecified atom stereocenters. The second kappa shape index (κ2) is 9.23. The Morgan fingerprint density at radius 1 is 1.14 bits per heavy atom. The summed E-state index contributed by atoms with van der Waals surface area (Å²) in [5.74, 6) is -0.121. The third-order valence-electron chi connectivity index (χ3n) is 6.77. The molecule has 0 radical (unpaired) electrons. The summed E-state index contributed by atoms with van der Waals surface area (Å²) >= 11 is 6.31. The van der Waals surface area contributed by atoms with Gasteiger partial charge in [-0.15, -0.1) is 0 Å². The van der Waals surface area contributed by atoms with Crippen LogP contribution in [0.2, 0.25) is 5.02 Å². The first-order valence-electron chi connectivity index (χ1n) is 11.8. The number of benzene rings is 2. The van der Waals surface area contributed by atoms with Gasteiger partial charge in [-0.3, -0.25) is 14.7 Å². The zero-order valence-electron chi connectivity index (χ0n) is 20.1. The van der Waals surface area contributed by atoms with Gasteiger partial charge in [-0.2, -0.15) is 0 Å². The number of halogens is 1. The van der Waals surface area contributed by atoms with Crippen LogP contribution in [0.5, 0.6) is 0 Å². The summed E-state index contributed by atoms with van der Waals surface area (Å²) in [4.78, 5) is 35.6. The van der Waals surface area contributed by atoms with Crippen LogP contribution >= 0.6 is 11.6 Å². The number of hydrogen-bond donors (Lipinski definition) is 1. The number of rotatable bonds is 4. The number of hydrogen-bond acceptors (Lipinski definition) is 4. The van der Waals surface area contributed by atoms with E-state index in [1.54, 1.807) is 19.2 Å². The summed E-state index contributed by atoms with van der Waals surface area (Å²) in [6.07, 6.45) is 1.96. The molecule has 0 bridgehead atoms. The smallest absolute Gasteiger partial charge is 0.276 e. The van der Waals surface area contributed by atoms with E-state index in [-0.39, 0.29) is 17.5 Å². The predicted molar refractivity (Wildman–Crippen MR) is 139 cm³/mol. The standard InChI is InChI=1S/C27H28ClN5O2/c1-17-7-6-9-21(13-17)32-12-11-31(16-18(32)2)26(34)23-15-29-33-25(23)30-19(3)22(27(33)35)14-20-8-4-5-10-24(20)28/h4-10,13,15,18,29H,11-12,14,16H2,1-3H3/t18-/m1/s1. The molecule has 8 heteroatoms. The van der Waals surface area contributed by atoms with E-state index in [4.69, 9.17) is 11.6 Å². The van der Waals surface area contributed by atoms with Gasteiger partial charge in [0.2, 0.25) is 0 Å². The Hall–Kier alpha value is -3.58. The first kappa shape index (κ1) is 23.2. The highest BCUT2D eigenvalue weighted by Gasteiger charge is 2.29. The van der Waals surface area contributed by atoms with Crippen LogP contribution in [0.25, 0.3) is 5.65 Å². The number of nitrogens with one attached hydrogen (secondary N) is 1. The minimum atomic E-state index is -0.218. The maximum Gasteiger partial charge on any atom is 0.276 e. The predicted octanol–water partition coefficient (Wildman–Crippen LogP) is 4.23. The number of H-pyrrole nitrogens is 1. The summed E-state index contributed by atoms with van der Waals surface area (Å²) in [7, 11) is 0. The summed E-state index contributed by atoms with van der Waals surface area (Å²) in [5, 5.41) is 3.56. The van der Waals surface area contributed by atoms with Gasteiger partial charge in [0.1, 0.15) is 5.56 Å². The van der Waals surface area contributed by atoms with Crippen LogP contribution in [-0.2, 0) is 6.42 Å². The Balaban J connectivity index is 1.40. The van der Waals surface area contributed by atoms with E-state index >= 15 is 0 Å². The summed E-state index contributed by atoms with van der Waals surface area (Å²) < 4.78 is 1.36. The van der Waals surface area contributed by atoms with Crippen LogP contribution in [0, 0.1) is 13.8 Å². The number of carbonyl (C=O) groups excluding carboxylic acids is 1. The average Bonchev–Trinajstić information content (AvgIpc) is 3.26. The lowest BCUT2D eigenvalue weighted by Gasteiger charge is -2.41. The van der Waals surface area contributed by atoms with E-state index in [2.05, 4.69) is 53.1 Å². The Morgan fingerprint density at radius 2 is 1.94 bits per heavy atom. The molecule has 1 aliphatic rings. The molecule has 5 rings (SSSR count). The molecular formula is C27H28ClN5O2. The van der Waals surface area contributed by atoms with Gasteiger partial charge in [0.05, 0.1) is 0 Å². The number of piperazine rings is 1. The topological polar surface area (TPSA) is 73.7 Å². The van der Waals surface area contributed by atoms with Crippen molar-refractivity contribution >= 4 is 28.8 Å². The largest absolute Gasteiger partial charge is 0.365 e. The van der Waals surface area contributed by atoms with Crippen LogP contribution in [0.4, 0.5) is 5.69 Å². The quantitative estimate of drug-likeness (QED) is 0.465. The highest BCUT2D eigenvalue weighted by atomic mass is 35.5. The van der Waals surface area contributed by atoms with Crippen molar-refractivity contribution in [2.24, 2.45) is 0 Å². The van der Waals surface area contributed by atoms with Gasteiger partial charge in [-0.25, -0.2) is 9.50 Å². The third kappa shape index (κ3) is 4.32. The lowest BCUT2D eigenvalue weighted by molar-refractivity contribution is 0.0728. The molecule has 1 atom stereocenters. The number of anilines is 1. The fourth-order valence-corrected chi connectivity index (χ4v) is 5.05. The number of amides is 1. The van der Waals surface area contributed by atoms with Crippen molar-refractivity contribution in [3.8, 4) is 0 Å². The number of fused-ring (bicyclic) bond motifs is 1. The van der Waals surface area contributed by atoms with Crippen molar-refractivity contribution in [1.29, 1.82) is 0 Å². The Kier molecular flexibility index (Phi) is 6.11. The first-order chi connectivity index (χ1) is 16.8. The lowest BCUT2D eigenvalue weighted by atomic mass is 10.0. The number of nitrogens with zero attached hydrogens (tertiary/aromatic N) is 4. The van der Waals surface area contributed by atoms with E-state index in [1.165, 1.54) is 15.8 Å². The Bertz CT molecular complexity index is 1470. The molecule has 0 spiro atoms. The van der Waals surface area contributed by atoms with E-state index in [0.717, 1.165) is 12.1 Å². The van der Waals surface area contributed by atoms with Crippen molar-refractivity contribution < 1.29 is 4.79 Å². The molecule has 1 amide bonds. The number of aromatic nitrogens is 3. The molecule has 2 aromatic heterocycles. The van der Waals surface area contributed by atoms with Crippen molar-refractivity contribution in [3.05, 3.63) is 98.1 Å². The maximum absolute atomic E-state index is 13.5. The van der Waals surface area contributed by atoms with Crippen molar-refractivity contribution in [2.45, 2.75) is 33.2 Å². The van der Waals surface area contributed by atoms with Gasteiger partial charge in [-0.1, -0.05) is 41.9 Å². The molecule has 0 aliphatic carbocycles. The van der Waals surface area contributed by atoms with E-state index < -0.39 is 0 Å². The Morgan fingerprint density at radius 3 is 2.69 bits per heavy atom. The molecule has 180 valence electrons. The zero-order valence-corrected chi connectivity index (χ0v) is 20.8. The molecule has 7 nitrogen and oxygen atoms in total. The van der Waals surface area contributed by atoms with Gasteiger partial charge in [-0.05, 0) is 50.1 Å². The van der Waals surface area contributed by atoms with Gasteiger partial charge in [0.15, 0.2) is 5.65 Å². The lowest BCUT2D eigenvalue weighted by Crippen LogP contribution is -2.53. The molecule has 1 fully saturated rings. The highest BCUT2D eigenvalue weighted by Crippen LogP contribution is 2.24. The summed E-state index contributed by atoms with van der Waals surface area (Å²) in [5.41, 5.74) is 4.95. The van der Waals surface area contributed by atoms with Crippen LogP contribution in [0.15, 0.2) is 59.5 Å². The maximum atomic E-state index is 13.5. The average molecular weight is 490 g/mol. The van der Waals surface area contributed by atoms with Crippen LogP contribution < -0.4 is 10.5 Å². The summed E-state index contributed by atoms with van der Waals surface area (Å²) in [6.45, 7) is 7.96. The van der Waals surface area contributed by atoms with Gasteiger partial charge < -0.3 is 9.80 Å². The molecule has 1 aliphatic heterocycles. The molecule has 0 saturated carbocycles. The molecule has 1 N–H and O–H groups in total. The monoisotopic (exact) mass is 489 g/mol. The normalized spacial score (nSPS) is 16.2. The number of aromatic amines is 1. The first-order valence-corrected chi connectivity index (χ1v) is 12.2. The summed E-state index contributed by atoms with van der Waals surface area (Å²) in [6, 6.07) is 16.1. The van der Waals surface area contributed by atoms with E-state index in [0.29, 0.717) is 47.0 Å². The number of aryl methyl sites for hydroxylation is 2. The Labute approximate surface area is 208 Å². The fraction of sp³-hybridized carbons (Fsp3) is 0.296. The number of carbonyl (C=O) groups is 1. The third-order valence-corrected chi connectivity index (χ3v) is 7.13. The SMILES string of the molecule is Cc1cccc(N2CCN(C(=O)c3c[nH]n4c(=O)c(Cc5ccccc5Cl)c(C)nc34)C[C@H]2C)c1. The molecule has 3 heterocycles. The van der Waals surface area contributed by atoms with Gasteiger partial charge in [0.25, 0.3) is 11.5 Å². The second-order valence-electron chi connectivity index (χ2n) is 9.23. The van der Waals surface area contributed by atoms with Crippen molar-refractivity contribution in [2.75, 3.05) is 24.5 Å². The minimum Gasteiger partial charge on any atom is -0.365 e.